The van der Waals surface area contributed by atoms with E-state index in [1.807, 2.05) is 40.9 Å². The highest BCUT2D eigenvalue weighted by molar-refractivity contribution is 7.99. The van der Waals surface area contributed by atoms with Crippen LogP contribution in [0.2, 0.25) is 0 Å². The van der Waals surface area contributed by atoms with E-state index in [4.69, 9.17) is 0 Å². The molecule has 8 nitrogen and oxygen atoms in total. The zero-order valence-corrected chi connectivity index (χ0v) is 23.4. The van der Waals surface area contributed by atoms with Crippen LogP contribution in [0.15, 0.2) is 54.9 Å². The van der Waals surface area contributed by atoms with Gasteiger partial charge in [-0.25, -0.2) is 14.4 Å². The molecular formula is C30H33FN6O2S. The predicted octanol–water partition coefficient (Wildman–Crippen LogP) is 3.92. The number of carbonyl (C=O) groups excluding carboxylic acids is 2. The summed E-state index contributed by atoms with van der Waals surface area (Å²) >= 11 is 1.92. The Morgan fingerprint density at radius 2 is 1.68 bits per heavy atom. The summed E-state index contributed by atoms with van der Waals surface area (Å²) < 4.78 is 14.4. The summed E-state index contributed by atoms with van der Waals surface area (Å²) in [5, 5.41) is 0.695. The summed E-state index contributed by atoms with van der Waals surface area (Å²) in [7, 11) is 0. The van der Waals surface area contributed by atoms with Crippen molar-refractivity contribution < 1.29 is 14.0 Å². The van der Waals surface area contributed by atoms with E-state index in [1.165, 1.54) is 12.1 Å². The van der Waals surface area contributed by atoms with Gasteiger partial charge in [0.05, 0.1) is 0 Å². The standard InChI is InChI=1S/C30H33FN6O2S/c1-40-24-8-10-36(11-9-24)30-32-17-22(18-33-30)26-16-23(31)6-7-27(26)34-12-14-35(15-13-34)28(38)20-37-19-21-4-2-3-5-25(21)29(37)39/h2-7,16-18,24H,8-15,19-20H2,1H3. The van der Waals surface area contributed by atoms with Crippen LogP contribution in [-0.2, 0) is 11.3 Å². The van der Waals surface area contributed by atoms with Gasteiger partial charge in [-0.1, -0.05) is 18.2 Å². The molecule has 2 amide bonds. The number of rotatable bonds is 6. The molecule has 2 aromatic carbocycles. The number of aromatic nitrogens is 2. The molecule has 3 aromatic rings. The van der Waals surface area contributed by atoms with Crippen molar-refractivity contribution in [2.45, 2.75) is 24.6 Å². The number of anilines is 2. The predicted molar refractivity (Wildman–Crippen MR) is 156 cm³/mol. The first-order valence-corrected chi connectivity index (χ1v) is 15.1. The molecule has 0 N–H and O–H groups in total. The topological polar surface area (TPSA) is 72.9 Å². The first-order chi connectivity index (χ1) is 19.5. The maximum atomic E-state index is 14.4. The minimum Gasteiger partial charge on any atom is -0.367 e. The maximum Gasteiger partial charge on any atom is 0.254 e. The third-order valence-corrected chi connectivity index (χ3v) is 9.30. The van der Waals surface area contributed by atoms with Crippen LogP contribution >= 0.6 is 11.8 Å². The molecule has 0 atom stereocenters. The molecule has 0 bridgehead atoms. The van der Waals surface area contributed by atoms with Gasteiger partial charge in [0, 0.05) is 85.8 Å². The number of amides is 2. The van der Waals surface area contributed by atoms with Crippen LogP contribution in [0.4, 0.5) is 16.0 Å². The summed E-state index contributed by atoms with van der Waals surface area (Å²) in [5.74, 6) is 0.266. The lowest BCUT2D eigenvalue weighted by Gasteiger charge is -2.37. The first-order valence-electron chi connectivity index (χ1n) is 13.8. The molecule has 0 radical (unpaired) electrons. The molecule has 0 saturated carbocycles. The SMILES string of the molecule is CSC1CCN(c2ncc(-c3cc(F)ccc3N3CCN(C(=O)CN4Cc5ccccc5C4=O)CC3)cn2)CC1. The van der Waals surface area contributed by atoms with E-state index in [0.717, 1.165) is 48.3 Å². The molecule has 40 heavy (non-hydrogen) atoms. The van der Waals surface area contributed by atoms with Gasteiger partial charge in [-0.15, -0.1) is 0 Å². The van der Waals surface area contributed by atoms with E-state index >= 15 is 0 Å². The van der Waals surface area contributed by atoms with Crippen molar-refractivity contribution in [2.75, 3.05) is 61.9 Å². The summed E-state index contributed by atoms with van der Waals surface area (Å²) in [6.45, 7) is 4.72. The Morgan fingerprint density at radius 1 is 0.950 bits per heavy atom. The number of hydrogen-bond donors (Lipinski definition) is 0. The summed E-state index contributed by atoms with van der Waals surface area (Å²) in [4.78, 5) is 42.8. The number of piperidine rings is 1. The van der Waals surface area contributed by atoms with E-state index in [-0.39, 0.29) is 24.2 Å². The second-order valence-corrected chi connectivity index (χ2v) is 11.7. The molecule has 208 valence electrons. The third kappa shape index (κ3) is 5.37. The van der Waals surface area contributed by atoms with Crippen molar-refractivity contribution in [1.29, 1.82) is 0 Å². The number of thioether (sulfide) groups is 1. The van der Waals surface area contributed by atoms with Crippen LogP contribution in [0.1, 0.15) is 28.8 Å². The number of halogens is 1. The number of carbonyl (C=O) groups is 2. The van der Waals surface area contributed by atoms with Gasteiger partial charge in [-0.05, 0) is 48.9 Å². The van der Waals surface area contributed by atoms with Crippen LogP contribution in [-0.4, -0.2) is 88.9 Å². The number of benzene rings is 2. The van der Waals surface area contributed by atoms with Gasteiger partial charge >= 0.3 is 0 Å². The fraction of sp³-hybridized carbons (Fsp3) is 0.400. The highest BCUT2D eigenvalue weighted by Gasteiger charge is 2.31. The molecule has 3 aliphatic heterocycles. The molecule has 10 heteroatoms. The average Bonchev–Trinajstić information content (AvgIpc) is 3.32. The van der Waals surface area contributed by atoms with Crippen molar-refractivity contribution in [3.05, 3.63) is 71.8 Å². The lowest BCUT2D eigenvalue weighted by atomic mass is 10.0. The van der Waals surface area contributed by atoms with E-state index in [9.17, 15) is 14.0 Å². The number of nitrogens with zero attached hydrogens (tertiary/aromatic N) is 6. The van der Waals surface area contributed by atoms with Crippen molar-refractivity contribution >= 4 is 35.2 Å². The van der Waals surface area contributed by atoms with Gasteiger partial charge < -0.3 is 19.6 Å². The van der Waals surface area contributed by atoms with Gasteiger partial charge in [0.1, 0.15) is 12.4 Å². The zero-order chi connectivity index (χ0) is 27.6. The Labute approximate surface area is 238 Å². The van der Waals surface area contributed by atoms with Gasteiger partial charge in [0.15, 0.2) is 0 Å². The second-order valence-electron chi connectivity index (χ2n) is 10.5. The molecule has 0 aliphatic carbocycles. The quantitative estimate of drug-likeness (QED) is 0.453. The third-order valence-electron chi connectivity index (χ3n) is 8.16. The molecule has 4 heterocycles. The Morgan fingerprint density at radius 3 is 2.38 bits per heavy atom. The van der Waals surface area contributed by atoms with Gasteiger partial charge in [0.25, 0.3) is 5.91 Å². The largest absolute Gasteiger partial charge is 0.367 e. The molecule has 2 fully saturated rings. The van der Waals surface area contributed by atoms with Crippen molar-refractivity contribution in [1.82, 2.24) is 19.8 Å². The van der Waals surface area contributed by atoms with Crippen LogP contribution < -0.4 is 9.80 Å². The Bertz CT molecular complexity index is 1390. The minimum atomic E-state index is -0.313. The van der Waals surface area contributed by atoms with Gasteiger partial charge in [-0.3, -0.25) is 9.59 Å². The van der Waals surface area contributed by atoms with Crippen molar-refractivity contribution in [3.8, 4) is 11.1 Å². The molecule has 1 aromatic heterocycles. The maximum absolute atomic E-state index is 14.4. The van der Waals surface area contributed by atoms with Gasteiger partial charge in [0.2, 0.25) is 11.9 Å². The highest BCUT2D eigenvalue weighted by Crippen LogP contribution is 2.33. The first kappa shape index (κ1) is 26.6. The Balaban J connectivity index is 1.10. The number of fused-ring (bicyclic) bond motifs is 1. The normalized spacial score (nSPS) is 17.9. The second kappa shape index (κ2) is 11.4. The van der Waals surface area contributed by atoms with E-state index in [2.05, 4.69) is 26.0 Å². The lowest BCUT2D eigenvalue weighted by molar-refractivity contribution is -0.132. The van der Waals surface area contributed by atoms with E-state index in [0.29, 0.717) is 49.5 Å². The zero-order valence-electron chi connectivity index (χ0n) is 22.6. The average molecular weight is 561 g/mol. The summed E-state index contributed by atoms with van der Waals surface area (Å²) in [5.41, 5.74) is 4.05. The molecule has 2 saturated heterocycles. The number of piperazine rings is 1. The highest BCUT2D eigenvalue weighted by atomic mass is 32.2. The van der Waals surface area contributed by atoms with E-state index < -0.39 is 0 Å². The Hall–Kier alpha value is -3.66. The summed E-state index contributed by atoms with van der Waals surface area (Å²) in [6, 6.07) is 12.3. The van der Waals surface area contributed by atoms with Crippen LogP contribution in [0.3, 0.4) is 0 Å². The van der Waals surface area contributed by atoms with Crippen molar-refractivity contribution in [3.63, 3.8) is 0 Å². The van der Waals surface area contributed by atoms with Crippen LogP contribution in [0.25, 0.3) is 11.1 Å². The fourth-order valence-electron chi connectivity index (χ4n) is 5.83. The summed E-state index contributed by atoms with van der Waals surface area (Å²) in [6.07, 6.45) is 7.97. The molecule has 6 rings (SSSR count). The van der Waals surface area contributed by atoms with Gasteiger partial charge in [-0.2, -0.15) is 11.8 Å². The van der Waals surface area contributed by atoms with E-state index in [1.54, 1.807) is 23.4 Å². The minimum absolute atomic E-state index is 0.0503. The molecule has 0 spiro atoms. The van der Waals surface area contributed by atoms with Crippen LogP contribution in [0.5, 0.6) is 0 Å². The fourth-order valence-corrected chi connectivity index (χ4v) is 6.51. The Kier molecular flexibility index (Phi) is 7.60. The molecule has 0 unspecified atom stereocenters. The van der Waals surface area contributed by atoms with Crippen molar-refractivity contribution in [2.24, 2.45) is 0 Å². The molecule has 3 aliphatic rings. The molecular weight excluding hydrogens is 527 g/mol. The lowest BCUT2D eigenvalue weighted by Crippen LogP contribution is -2.51. The number of hydrogen-bond acceptors (Lipinski definition) is 7. The smallest absolute Gasteiger partial charge is 0.254 e. The van der Waals surface area contributed by atoms with Crippen LogP contribution in [0, 0.1) is 5.82 Å². The monoisotopic (exact) mass is 560 g/mol.